The molecule has 0 aliphatic rings. The zero-order valence-electron chi connectivity index (χ0n) is 12.3. The smallest absolute Gasteiger partial charge is 0.407 e. The topological polar surface area (TPSA) is 70.6 Å². The number of hydrogen-bond acceptors (Lipinski definition) is 4. The van der Waals surface area contributed by atoms with Gasteiger partial charge in [-0.3, -0.25) is 0 Å². The van der Waals surface area contributed by atoms with Crippen LogP contribution in [-0.2, 0) is 4.74 Å². The third-order valence-corrected chi connectivity index (χ3v) is 2.49. The molecule has 1 rings (SSSR count). The molecule has 0 saturated heterocycles. The second-order valence-corrected chi connectivity index (χ2v) is 5.56. The van der Waals surface area contributed by atoms with E-state index >= 15 is 0 Å². The van der Waals surface area contributed by atoms with Gasteiger partial charge in [0.2, 0.25) is 0 Å². The average Bonchev–Trinajstić information content (AvgIpc) is 2.37. The summed E-state index contributed by atoms with van der Waals surface area (Å²) in [5.41, 5.74) is 0.390. The summed E-state index contributed by atoms with van der Waals surface area (Å²) in [6, 6.07) is 9.45. The van der Waals surface area contributed by atoms with Crippen molar-refractivity contribution in [3.63, 3.8) is 0 Å². The monoisotopic (exact) mass is 280 g/mol. The maximum atomic E-state index is 11.4. The van der Waals surface area contributed by atoms with Crippen molar-refractivity contribution < 1.29 is 14.6 Å². The fourth-order valence-electron chi connectivity index (χ4n) is 1.60. The molecule has 0 spiro atoms. The molecule has 1 amide bonds. The Labute approximate surface area is 120 Å². The molecular weight excluding hydrogens is 256 g/mol. The molecule has 20 heavy (non-hydrogen) atoms. The van der Waals surface area contributed by atoms with Gasteiger partial charge in [0.1, 0.15) is 5.60 Å². The number of rotatable bonds is 6. The third-order valence-electron chi connectivity index (χ3n) is 2.49. The summed E-state index contributed by atoms with van der Waals surface area (Å²) >= 11 is 0. The highest BCUT2D eigenvalue weighted by molar-refractivity contribution is 5.67. The van der Waals surface area contributed by atoms with Crippen LogP contribution >= 0.6 is 0 Å². The van der Waals surface area contributed by atoms with Crippen molar-refractivity contribution in [1.82, 2.24) is 10.6 Å². The molecule has 3 N–H and O–H groups in total. The Kier molecular flexibility index (Phi) is 6.48. The SMILES string of the molecule is CC(C)(C)OC(=O)NCCNCC(O)c1ccccc1. The molecule has 1 unspecified atom stereocenters. The van der Waals surface area contributed by atoms with Crippen molar-refractivity contribution in [2.75, 3.05) is 19.6 Å². The minimum Gasteiger partial charge on any atom is -0.444 e. The Morgan fingerprint density at radius 2 is 1.90 bits per heavy atom. The summed E-state index contributed by atoms with van der Waals surface area (Å²) < 4.78 is 5.11. The zero-order valence-corrected chi connectivity index (χ0v) is 12.3. The van der Waals surface area contributed by atoms with Gasteiger partial charge in [-0.25, -0.2) is 4.79 Å². The summed E-state index contributed by atoms with van der Waals surface area (Å²) in [5.74, 6) is 0. The maximum absolute atomic E-state index is 11.4. The van der Waals surface area contributed by atoms with Crippen molar-refractivity contribution >= 4 is 6.09 Å². The van der Waals surface area contributed by atoms with Gasteiger partial charge in [-0.1, -0.05) is 30.3 Å². The van der Waals surface area contributed by atoms with E-state index in [1.807, 2.05) is 51.1 Å². The van der Waals surface area contributed by atoms with E-state index in [4.69, 9.17) is 4.74 Å². The fraction of sp³-hybridized carbons (Fsp3) is 0.533. The highest BCUT2D eigenvalue weighted by Gasteiger charge is 2.15. The number of aliphatic hydroxyl groups excluding tert-OH is 1. The van der Waals surface area contributed by atoms with Crippen LogP contribution in [-0.4, -0.2) is 36.4 Å². The Morgan fingerprint density at radius 1 is 1.25 bits per heavy atom. The number of benzene rings is 1. The van der Waals surface area contributed by atoms with Crippen molar-refractivity contribution in [2.24, 2.45) is 0 Å². The van der Waals surface area contributed by atoms with Crippen molar-refractivity contribution in [3.05, 3.63) is 35.9 Å². The first-order valence-corrected chi connectivity index (χ1v) is 6.79. The third kappa shape index (κ3) is 7.11. The minimum atomic E-state index is -0.544. The lowest BCUT2D eigenvalue weighted by Crippen LogP contribution is -2.37. The molecular formula is C15H24N2O3. The number of carbonyl (C=O) groups is 1. The van der Waals surface area contributed by atoms with Crippen LogP contribution in [0, 0.1) is 0 Å². The Balaban J connectivity index is 2.12. The molecule has 5 nitrogen and oxygen atoms in total. The van der Waals surface area contributed by atoms with E-state index in [9.17, 15) is 9.90 Å². The lowest BCUT2D eigenvalue weighted by atomic mass is 10.1. The van der Waals surface area contributed by atoms with Crippen LogP contribution < -0.4 is 10.6 Å². The summed E-state index contributed by atoms with van der Waals surface area (Å²) in [7, 11) is 0. The molecule has 1 aromatic carbocycles. The molecule has 1 aromatic rings. The first kappa shape index (κ1) is 16.5. The lowest BCUT2D eigenvalue weighted by Gasteiger charge is -2.19. The standard InChI is InChI=1S/C15H24N2O3/c1-15(2,3)20-14(19)17-10-9-16-11-13(18)12-7-5-4-6-8-12/h4-8,13,16,18H,9-11H2,1-3H3,(H,17,19). The van der Waals surface area contributed by atoms with Crippen LogP contribution in [0.3, 0.4) is 0 Å². The molecule has 112 valence electrons. The van der Waals surface area contributed by atoms with Gasteiger partial charge in [-0.15, -0.1) is 0 Å². The van der Waals surface area contributed by atoms with Crippen molar-refractivity contribution in [3.8, 4) is 0 Å². The molecule has 0 aliphatic heterocycles. The summed E-state index contributed by atoms with van der Waals surface area (Å²) in [6.45, 7) is 6.93. The van der Waals surface area contributed by atoms with Gasteiger partial charge in [0.05, 0.1) is 6.10 Å². The van der Waals surface area contributed by atoms with E-state index in [1.165, 1.54) is 0 Å². The number of carbonyl (C=O) groups excluding carboxylic acids is 1. The molecule has 0 bridgehead atoms. The number of nitrogens with one attached hydrogen (secondary N) is 2. The van der Waals surface area contributed by atoms with Crippen molar-refractivity contribution in [2.45, 2.75) is 32.5 Å². The van der Waals surface area contributed by atoms with Gasteiger partial charge in [0, 0.05) is 19.6 Å². The largest absolute Gasteiger partial charge is 0.444 e. The van der Waals surface area contributed by atoms with E-state index in [0.717, 1.165) is 5.56 Å². The molecule has 0 aliphatic carbocycles. The van der Waals surface area contributed by atoms with E-state index in [2.05, 4.69) is 10.6 Å². The minimum absolute atomic E-state index is 0.428. The first-order valence-electron chi connectivity index (χ1n) is 6.79. The number of ether oxygens (including phenoxy) is 1. The predicted molar refractivity (Wildman–Crippen MR) is 78.5 cm³/mol. The predicted octanol–water partition coefficient (Wildman–Crippen LogP) is 1.83. The van der Waals surface area contributed by atoms with Gasteiger partial charge in [0.25, 0.3) is 0 Å². The Morgan fingerprint density at radius 3 is 2.50 bits per heavy atom. The van der Waals surface area contributed by atoms with Crippen LogP contribution in [0.25, 0.3) is 0 Å². The second-order valence-electron chi connectivity index (χ2n) is 5.56. The van der Waals surface area contributed by atoms with Gasteiger partial charge in [0.15, 0.2) is 0 Å². The van der Waals surface area contributed by atoms with Crippen LogP contribution in [0.5, 0.6) is 0 Å². The number of alkyl carbamates (subject to hydrolysis) is 1. The van der Waals surface area contributed by atoms with E-state index in [1.54, 1.807) is 0 Å². The number of hydrogen-bond donors (Lipinski definition) is 3. The fourth-order valence-corrected chi connectivity index (χ4v) is 1.60. The van der Waals surface area contributed by atoms with Crippen LogP contribution in [0.4, 0.5) is 4.79 Å². The molecule has 0 heterocycles. The summed E-state index contributed by atoms with van der Waals surface area (Å²) in [4.78, 5) is 11.4. The highest BCUT2D eigenvalue weighted by atomic mass is 16.6. The quantitative estimate of drug-likeness (QED) is 0.695. The second kappa shape index (κ2) is 7.87. The van der Waals surface area contributed by atoms with Crippen LogP contribution in [0.1, 0.15) is 32.4 Å². The van der Waals surface area contributed by atoms with Crippen LogP contribution in [0.2, 0.25) is 0 Å². The van der Waals surface area contributed by atoms with Crippen LogP contribution in [0.15, 0.2) is 30.3 Å². The maximum Gasteiger partial charge on any atom is 0.407 e. The molecule has 0 fully saturated rings. The Hall–Kier alpha value is -1.59. The average molecular weight is 280 g/mol. The van der Waals surface area contributed by atoms with E-state index < -0.39 is 17.8 Å². The van der Waals surface area contributed by atoms with Gasteiger partial charge < -0.3 is 20.5 Å². The number of amides is 1. The Bertz CT molecular complexity index is 401. The lowest BCUT2D eigenvalue weighted by molar-refractivity contribution is 0.0528. The molecule has 0 aromatic heterocycles. The molecule has 5 heteroatoms. The highest BCUT2D eigenvalue weighted by Crippen LogP contribution is 2.10. The number of aliphatic hydroxyl groups is 1. The van der Waals surface area contributed by atoms with Gasteiger partial charge >= 0.3 is 6.09 Å². The summed E-state index contributed by atoms with van der Waals surface area (Å²) in [5, 5.41) is 15.6. The zero-order chi connectivity index (χ0) is 15.0. The molecule has 0 saturated carbocycles. The molecule has 1 atom stereocenters. The normalized spacial score (nSPS) is 12.8. The van der Waals surface area contributed by atoms with E-state index in [-0.39, 0.29) is 0 Å². The molecule has 0 radical (unpaired) electrons. The summed E-state index contributed by atoms with van der Waals surface area (Å²) in [6.07, 6.45) is -0.972. The first-order chi connectivity index (χ1) is 9.38. The van der Waals surface area contributed by atoms with E-state index in [0.29, 0.717) is 19.6 Å². The van der Waals surface area contributed by atoms with Gasteiger partial charge in [-0.2, -0.15) is 0 Å². The van der Waals surface area contributed by atoms with Crippen molar-refractivity contribution in [1.29, 1.82) is 0 Å². The van der Waals surface area contributed by atoms with Gasteiger partial charge in [-0.05, 0) is 26.3 Å².